The van der Waals surface area contributed by atoms with Gasteiger partial charge >= 0.3 is 0 Å². The zero-order valence-electron chi connectivity index (χ0n) is 14.9. The highest BCUT2D eigenvalue weighted by Crippen LogP contribution is 2.17. The number of aliphatic imine (C=N–C) groups is 1. The SMILES string of the molecule is CN=C(NCc1ccccc1OC)NCc1nccc2ccccc12.I. The molecule has 2 N–H and O–H groups in total. The third kappa shape index (κ3) is 4.85. The van der Waals surface area contributed by atoms with Gasteiger partial charge in [0.05, 0.1) is 19.3 Å². The summed E-state index contributed by atoms with van der Waals surface area (Å²) in [5.74, 6) is 1.59. The van der Waals surface area contributed by atoms with Crippen LogP contribution >= 0.6 is 24.0 Å². The van der Waals surface area contributed by atoms with Crippen molar-refractivity contribution < 1.29 is 4.74 Å². The van der Waals surface area contributed by atoms with Crippen LogP contribution in [0.25, 0.3) is 10.8 Å². The van der Waals surface area contributed by atoms with Crippen molar-refractivity contribution in [1.82, 2.24) is 15.6 Å². The van der Waals surface area contributed by atoms with E-state index in [0.29, 0.717) is 13.1 Å². The quantitative estimate of drug-likeness (QED) is 0.345. The zero-order valence-corrected chi connectivity index (χ0v) is 17.2. The highest BCUT2D eigenvalue weighted by atomic mass is 127. The highest BCUT2D eigenvalue weighted by Gasteiger charge is 2.05. The number of aromatic nitrogens is 1. The number of nitrogens with zero attached hydrogens (tertiary/aromatic N) is 2. The van der Waals surface area contributed by atoms with Gasteiger partial charge in [0.25, 0.3) is 0 Å². The Balaban J connectivity index is 0.00000243. The first kappa shape index (κ1) is 20.0. The van der Waals surface area contributed by atoms with E-state index in [1.165, 1.54) is 5.39 Å². The van der Waals surface area contributed by atoms with E-state index < -0.39 is 0 Å². The van der Waals surface area contributed by atoms with Gasteiger partial charge in [0.2, 0.25) is 0 Å². The number of methoxy groups -OCH3 is 1. The van der Waals surface area contributed by atoms with Gasteiger partial charge in [-0.25, -0.2) is 0 Å². The molecule has 3 aromatic rings. The number of halogens is 1. The minimum atomic E-state index is 0. The van der Waals surface area contributed by atoms with Gasteiger partial charge in [-0.15, -0.1) is 24.0 Å². The molecule has 1 aromatic heterocycles. The number of hydrogen-bond acceptors (Lipinski definition) is 3. The minimum absolute atomic E-state index is 0. The Bertz CT molecular complexity index is 877. The second-order valence-corrected chi connectivity index (χ2v) is 5.57. The molecule has 5 nitrogen and oxygen atoms in total. The molecule has 0 atom stereocenters. The monoisotopic (exact) mass is 462 g/mol. The summed E-state index contributed by atoms with van der Waals surface area (Å²) in [5, 5.41) is 8.97. The number of para-hydroxylation sites is 1. The zero-order chi connectivity index (χ0) is 17.5. The number of hydrogen-bond donors (Lipinski definition) is 2. The predicted molar refractivity (Wildman–Crippen MR) is 117 cm³/mol. The Labute approximate surface area is 170 Å². The molecule has 0 bridgehead atoms. The van der Waals surface area contributed by atoms with Crippen molar-refractivity contribution >= 4 is 40.7 Å². The van der Waals surface area contributed by atoms with Crippen LogP contribution in [0.1, 0.15) is 11.3 Å². The van der Waals surface area contributed by atoms with Crippen LogP contribution in [0.5, 0.6) is 5.75 Å². The first-order valence-electron chi connectivity index (χ1n) is 8.21. The number of fused-ring (bicyclic) bond motifs is 1. The summed E-state index contributed by atoms with van der Waals surface area (Å²) in [4.78, 5) is 8.77. The van der Waals surface area contributed by atoms with Gasteiger partial charge < -0.3 is 15.4 Å². The normalized spacial score (nSPS) is 10.9. The van der Waals surface area contributed by atoms with E-state index in [0.717, 1.165) is 28.4 Å². The molecule has 0 aliphatic heterocycles. The maximum absolute atomic E-state index is 5.38. The number of guanidine groups is 1. The van der Waals surface area contributed by atoms with Gasteiger partial charge in [-0.1, -0.05) is 42.5 Å². The van der Waals surface area contributed by atoms with Gasteiger partial charge in [0.15, 0.2) is 5.96 Å². The fraction of sp³-hybridized carbons (Fsp3) is 0.200. The predicted octanol–water partition coefficient (Wildman–Crippen LogP) is 3.73. The minimum Gasteiger partial charge on any atom is -0.496 e. The molecule has 0 unspecified atom stereocenters. The molecule has 136 valence electrons. The van der Waals surface area contributed by atoms with E-state index in [4.69, 9.17) is 4.74 Å². The van der Waals surface area contributed by atoms with Crippen LogP contribution in [0.15, 0.2) is 65.8 Å². The molecule has 0 saturated carbocycles. The summed E-state index contributed by atoms with van der Waals surface area (Å²) < 4.78 is 5.38. The average Bonchev–Trinajstić information content (AvgIpc) is 2.68. The molecule has 0 fully saturated rings. The van der Waals surface area contributed by atoms with Crippen molar-refractivity contribution in [3.8, 4) is 5.75 Å². The molecule has 0 amide bonds. The van der Waals surface area contributed by atoms with Gasteiger partial charge in [0.1, 0.15) is 5.75 Å². The lowest BCUT2D eigenvalue weighted by atomic mass is 10.1. The van der Waals surface area contributed by atoms with Crippen LogP contribution in [0.2, 0.25) is 0 Å². The molecule has 0 radical (unpaired) electrons. The first-order chi connectivity index (χ1) is 12.3. The van der Waals surface area contributed by atoms with E-state index in [9.17, 15) is 0 Å². The largest absolute Gasteiger partial charge is 0.496 e. The van der Waals surface area contributed by atoms with Crippen molar-refractivity contribution in [2.75, 3.05) is 14.2 Å². The maximum atomic E-state index is 5.38. The Hall–Kier alpha value is -2.35. The van der Waals surface area contributed by atoms with Crippen molar-refractivity contribution in [3.05, 3.63) is 72.1 Å². The fourth-order valence-electron chi connectivity index (χ4n) is 2.74. The molecule has 3 rings (SSSR count). The van der Waals surface area contributed by atoms with Gasteiger partial charge in [0, 0.05) is 30.7 Å². The smallest absolute Gasteiger partial charge is 0.191 e. The summed E-state index contributed by atoms with van der Waals surface area (Å²) in [6.45, 7) is 1.24. The molecule has 6 heteroatoms. The summed E-state index contributed by atoms with van der Waals surface area (Å²) in [6.07, 6.45) is 1.84. The van der Waals surface area contributed by atoms with Crippen molar-refractivity contribution in [3.63, 3.8) is 0 Å². The van der Waals surface area contributed by atoms with Gasteiger partial charge in [-0.2, -0.15) is 0 Å². The maximum Gasteiger partial charge on any atom is 0.191 e. The van der Waals surface area contributed by atoms with Crippen LogP contribution in [0.3, 0.4) is 0 Å². The van der Waals surface area contributed by atoms with Crippen LogP contribution in [-0.4, -0.2) is 25.1 Å². The summed E-state index contributed by atoms with van der Waals surface area (Å²) in [7, 11) is 3.44. The summed E-state index contributed by atoms with van der Waals surface area (Å²) >= 11 is 0. The topological polar surface area (TPSA) is 58.5 Å². The van der Waals surface area contributed by atoms with Crippen molar-refractivity contribution in [2.45, 2.75) is 13.1 Å². The van der Waals surface area contributed by atoms with Crippen molar-refractivity contribution in [1.29, 1.82) is 0 Å². The van der Waals surface area contributed by atoms with E-state index in [1.807, 2.05) is 48.7 Å². The Morgan fingerprint density at radius 2 is 1.73 bits per heavy atom. The second kappa shape index (κ2) is 9.96. The Morgan fingerprint density at radius 1 is 1.00 bits per heavy atom. The molecular formula is C20H23IN4O. The van der Waals surface area contributed by atoms with Crippen LogP contribution in [0, 0.1) is 0 Å². The van der Waals surface area contributed by atoms with E-state index in [1.54, 1.807) is 14.2 Å². The van der Waals surface area contributed by atoms with Crippen LogP contribution in [0.4, 0.5) is 0 Å². The summed E-state index contributed by atoms with van der Waals surface area (Å²) in [5.41, 5.74) is 2.08. The Morgan fingerprint density at radius 3 is 2.54 bits per heavy atom. The first-order valence-corrected chi connectivity index (χ1v) is 8.21. The Kier molecular flexibility index (Phi) is 7.65. The van der Waals surface area contributed by atoms with Crippen LogP contribution < -0.4 is 15.4 Å². The molecule has 0 saturated heterocycles. The second-order valence-electron chi connectivity index (χ2n) is 5.57. The molecule has 0 aliphatic rings. The summed E-state index contributed by atoms with van der Waals surface area (Å²) in [6, 6.07) is 18.2. The lowest BCUT2D eigenvalue weighted by molar-refractivity contribution is 0.409. The third-order valence-electron chi connectivity index (χ3n) is 4.04. The van der Waals surface area contributed by atoms with Gasteiger partial charge in [-0.3, -0.25) is 9.98 Å². The lowest BCUT2D eigenvalue weighted by Crippen LogP contribution is -2.36. The number of nitrogens with one attached hydrogen (secondary N) is 2. The molecule has 0 aliphatic carbocycles. The third-order valence-corrected chi connectivity index (χ3v) is 4.04. The molecular weight excluding hydrogens is 439 g/mol. The fourth-order valence-corrected chi connectivity index (χ4v) is 2.74. The number of benzene rings is 2. The highest BCUT2D eigenvalue weighted by molar-refractivity contribution is 14.0. The standard InChI is InChI=1S/C20H22N4O.HI/c1-21-20(23-13-16-8-4-6-10-19(16)25-2)24-14-18-17-9-5-3-7-15(17)11-12-22-18;/h3-12H,13-14H2,1-2H3,(H2,21,23,24);1H. The average molecular weight is 462 g/mol. The molecule has 0 spiro atoms. The van der Waals surface area contributed by atoms with Crippen LogP contribution in [-0.2, 0) is 13.1 Å². The molecule has 1 heterocycles. The number of ether oxygens (including phenoxy) is 1. The van der Waals surface area contributed by atoms with E-state index in [-0.39, 0.29) is 24.0 Å². The van der Waals surface area contributed by atoms with Crippen molar-refractivity contribution in [2.24, 2.45) is 4.99 Å². The van der Waals surface area contributed by atoms with E-state index in [2.05, 4.69) is 32.7 Å². The molecule has 26 heavy (non-hydrogen) atoms. The molecule has 2 aromatic carbocycles. The van der Waals surface area contributed by atoms with Gasteiger partial charge in [-0.05, 0) is 17.5 Å². The van der Waals surface area contributed by atoms with E-state index >= 15 is 0 Å². The number of rotatable bonds is 5. The lowest BCUT2D eigenvalue weighted by Gasteiger charge is -2.14. The number of pyridine rings is 1.